The fourth-order valence-corrected chi connectivity index (χ4v) is 1.13. The normalized spacial score (nSPS) is 13.2. The van der Waals surface area contributed by atoms with Crippen molar-refractivity contribution in [3.05, 3.63) is 0 Å². The van der Waals surface area contributed by atoms with Crippen molar-refractivity contribution in [3.8, 4) is 0 Å². The van der Waals surface area contributed by atoms with Crippen molar-refractivity contribution in [2.45, 2.75) is 19.5 Å². The first-order valence-corrected chi connectivity index (χ1v) is 5.24. The average Bonchev–Trinajstić information content (AvgIpc) is 2.22. The SMILES string of the molecule is CC(CN(C)C(=O)CCOCC(F)(F)F)C(=O)O. The van der Waals surface area contributed by atoms with Gasteiger partial charge in [0.1, 0.15) is 6.61 Å². The molecule has 1 amide bonds. The van der Waals surface area contributed by atoms with E-state index in [4.69, 9.17) is 5.11 Å². The van der Waals surface area contributed by atoms with Crippen molar-refractivity contribution in [1.29, 1.82) is 0 Å². The van der Waals surface area contributed by atoms with Crippen molar-refractivity contribution in [3.63, 3.8) is 0 Å². The number of hydrogen-bond donors (Lipinski definition) is 1. The van der Waals surface area contributed by atoms with Crippen LogP contribution in [0.1, 0.15) is 13.3 Å². The second-order valence-corrected chi connectivity index (χ2v) is 3.93. The monoisotopic (exact) mass is 271 g/mol. The number of ether oxygens (including phenoxy) is 1. The second kappa shape index (κ2) is 7.20. The molecule has 0 rings (SSSR count). The van der Waals surface area contributed by atoms with Gasteiger partial charge in [0.05, 0.1) is 18.9 Å². The molecule has 0 aliphatic heterocycles. The van der Waals surface area contributed by atoms with Crippen LogP contribution in [0.5, 0.6) is 0 Å². The molecule has 5 nitrogen and oxygen atoms in total. The molecule has 0 aliphatic rings. The summed E-state index contributed by atoms with van der Waals surface area (Å²) in [6.07, 6.45) is -4.62. The summed E-state index contributed by atoms with van der Waals surface area (Å²) in [6.45, 7) is -0.292. The first kappa shape index (κ1) is 16.7. The van der Waals surface area contributed by atoms with E-state index in [1.165, 1.54) is 14.0 Å². The molecular weight excluding hydrogens is 255 g/mol. The first-order valence-electron chi connectivity index (χ1n) is 5.24. The number of hydrogen-bond acceptors (Lipinski definition) is 3. The van der Waals surface area contributed by atoms with E-state index in [9.17, 15) is 22.8 Å². The maximum Gasteiger partial charge on any atom is 0.411 e. The minimum absolute atomic E-state index is 0.00738. The Bertz CT molecular complexity index is 293. The van der Waals surface area contributed by atoms with E-state index in [-0.39, 0.29) is 19.6 Å². The van der Waals surface area contributed by atoms with Gasteiger partial charge in [-0.25, -0.2) is 0 Å². The van der Waals surface area contributed by atoms with Gasteiger partial charge in [-0.1, -0.05) is 6.92 Å². The lowest BCUT2D eigenvalue weighted by Crippen LogP contribution is -2.34. The Labute approximate surface area is 103 Å². The second-order valence-electron chi connectivity index (χ2n) is 3.93. The van der Waals surface area contributed by atoms with Crippen LogP contribution in [0.15, 0.2) is 0 Å². The van der Waals surface area contributed by atoms with Crippen LogP contribution < -0.4 is 0 Å². The summed E-state index contributed by atoms with van der Waals surface area (Å²) in [5.74, 6) is -2.22. The number of rotatable bonds is 7. The molecule has 1 N–H and O–H groups in total. The average molecular weight is 271 g/mol. The molecule has 0 aromatic heterocycles. The lowest BCUT2D eigenvalue weighted by atomic mass is 10.2. The summed E-state index contributed by atoms with van der Waals surface area (Å²) in [4.78, 5) is 23.1. The Morgan fingerprint density at radius 1 is 1.39 bits per heavy atom. The Kier molecular flexibility index (Phi) is 6.67. The van der Waals surface area contributed by atoms with Gasteiger partial charge in [0.25, 0.3) is 0 Å². The summed E-state index contributed by atoms with van der Waals surface area (Å²) in [5.41, 5.74) is 0. The summed E-state index contributed by atoms with van der Waals surface area (Å²) < 4.78 is 39.4. The van der Waals surface area contributed by atoms with E-state index in [1.54, 1.807) is 0 Å². The predicted octanol–water partition coefficient (Wildman–Crippen LogP) is 1.13. The lowest BCUT2D eigenvalue weighted by molar-refractivity contribution is -0.175. The number of carboxylic acids is 1. The van der Waals surface area contributed by atoms with E-state index >= 15 is 0 Å². The van der Waals surface area contributed by atoms with Gasteiger partial charge in [0, 0.05) is 13.6 Å². The summed E-state index contributed by atoms with van der Waals surface area (Å²) in [5, 5.41) is 8.63. The van der Waals surface area contributed by atoms with Gasteiger partial charge >= 0.3 is 12.1 Å². The van der Waals surface area contributed by atoms with Crippen molar-refractivity contribution in [2.24, 2.45) is 5.92 Å². The van der Waals surface area contributed by atoms with Gasteiger partial charge in [0.15, 0.2) is 0 Å². The van der Waals surface area contributed by atoms with Crippen molar-refractivity contribution in [1.82, 2.24) is 4.90 Å². The zero-order valence-corrected chi connectivity index (χ0v) is 10.2. The number of carbonyl (C=O) groups excluding carboxylic acids is 1. The smallest absolute Gasteiger partial charge is 0.411 e. The molecule has 0 bridgehead atoms. The number of carbonyl (C=O) groups is 2. The summed E-state index contributed by atoms with van der Waals surface area (Å²) in [7, 11) is 1.39. The third kappa shape index (κ3) is 7.88. The third-order valence-electron chi connectivity index (χ3n) is 2.12. The summed E-state index contributed by atoms with van der Waals surface area (Å²) >= 11 is 0. The largest absolute Gasteiger partial charge is 0.481 e. The number of carboxylic acid groups (broad SMARTS) is 1. The molecule has 106 valence electrons. The number of nitrogens with zero attached hydrogens (tertiary/aromatic N) is 1. The molecule has 0 heterocycles. The molecule has 18 heavy (non-hydrogen) atoms. The van der Waals surface area contributed by atoms with Crippen LogP contribution >= 0.6 is 0 Å². The third-order valence-corrected chi connectivity index (χ3v) is 2.12. The molecule has 0 spiro atoms. The molecule has 0 aromatic carbocycles. The van der Waals surface area contributed by atoms with Crippen LogP contribution in [0.2, 0.25) is 0 Å². The molecule has 0 aliphatic carbocycles. The number of halogens is 3. The predicted molar refractivity (Wildman–Crippen MR) is 55.9 cm³/mol. The van der Waals surface area contributed by atoms with Crippen molar-refractivity contribution < 1.29 is 32.6 Å². The molecular formula is C10H16F3NO4. The van der Waals surface area contributed by atoms with E-state index in [1.807, 2.05) is 0 Å². The Hall–Kier alpha value is -1.31. The van der Waals surface area contributed by atoms with Crippen LogP contribution in [0.4, 0.5) is 13.2 Å². The van der Waals surface area contributed by atoms with Crippen molar-refractivity contribution >= 4 is 11.9 Å². The van der Waals surface area contributed by atoms with E-state index < -0.39 is 30.6 Å². The van der Waals surface area contributed by atoms with Gasteiger partial charge in [-0.05, 0) is 0 Å². The highest BCUT2D eigenvalue weighted by Crippen LogP contribution is 2.14. The molecule has 8 heteroatoms. The zero-order chi connectivity index (χ0) is 14.3. The number of amides is 1. The standard InChI is InChI=1S/C10H16F3NO4/c1-7(9(16)17)5-14(2)8(15)3-4-18-6-10(11,12)13/h7H,3-6H2,1-2H3,(H,16,17). The van der Waals surface area contributed by atoms with Crippen LogP contribution in [0.25, 0.3) is 0 Å². The lowest BCUT2D eigenvalue weighted by Gasteiger charge is -2.19. The minimum atomic E-state index is -4.41. The quantitative estimate of drug-likeness (QED) is 0.705. The fourth-order valence-electron chi connectivity index (χ4n) is 1.13. The van der Waals surface area contributed by atoms with Crippen LogP contribution in [0.3, 0.4) is 0 Å². The van der Waals surface area contributed by atoms with Gasteiger partial charge in [-0.15, -0.1) is 0 Å². The van der Waals surface area contributed by atoms with Crippen LogP contribution in [0, 0.1) is 5.92 Å². The van der Waals surface area contributed by atoms with Gasteiger partial charge < -0.3 is 14.7 Å². The zero-order valence-electron chi connectivity index (χ0n) is 10.2. The fraction of sp³-hybridized carbons (Fsp3) is 0.800. The number of alkyl halides is 3. The Balaban J connectivity index is 3.85. The van der Waals surface area contributed by atoms with Gasteiger partial charge in [-0.3, -0.25) is 9.59 Å². The highest BCUT2D eigenvalue weighted by atomic mass is 19.4. The molecule has 0 saturated carbocycles. The molecule has 0 fully saturated rings. The Morgan fingerprint density at radius 2 is 1.94 bits per heavy atom. The van der Waals surface area contributed by atoms with E-state index in [0.29, 0.717) is 0 Å². The molecule has 0 radical (unpaired) electrons. The first-order chi connectivity index (χ1) is 8.13. The van der Waals surface area contributed by atoms with E-state index in [2.05, 4.69) is 4.74 Å². The summed E-state index contributed by atoms with van der Waals surface area (Å²) in [6, 6.07) is 0. The maximum absolute atomic E-state index is 11.7. The number of aliphatic carboxylic acids is 1. The molecule has 1 unspecified atom stereocenters. The van der Waals surface area contributed by atoms with Gasteiger partial charge in [-0.2, -0.15) is 13.2 Å². The minimum Gasteiger partial charge on any atom is -0.481 e. The molecule has 0 saturated heterocycles. The van der Waals surface area contributed by atoms with Gasteiger partial charge in [0.2, 0.25) is 5.91 Å². The van der Waals surface area contributed by atoms with E-state index in [0.717, 1.165) is 4.90 Å². The van der Waals surface area contributed by atoms with Crippen LogP contribution in [-0.2, 0) is 14.3 Å². The topological polar surface area (TPSA) is 66.8 Å². The highest BCUT2D eigenvalue weighted by molar-refractivity contribution is 5.77. The Morgan fingerprint density at radius 3 is 2.39 bits per heavy atom. The van der Waals surface area contributed by atoms with Crippen LogP contribution in [-0.4, -0.2) is 54.9 Å². The molecule has 1 atom stereocenters. The molecule has 0 aromatic rings. The van der Waals surface area contributed by atoms with Crippen molar-refractivity contribution in [2.75, 3.05) is 26.8 Å². The maximum atomic E-state index is 11.7. The highest BCUT2D eigenvalue weighted by Gasteiger charge is 2.27.